The molecule has 4 heteroatoms. The van der Waals surface area contributed by atoms with E-state index in [4.69, 9.17) is 0 Å². The summed E-state index contributed by atoms with van der Waals surface area (Å²) in [4.78, 5) is 14.1. The van der Waals surface area contributed by atoms with Gasteiger partial charge in [0, 0.05) is 12.1 Å². The molecular formula is C15H20FNO2. The van der Waals surface area contributed by atoms with Gasteiger partial charge < -0.3 is 5.11 Å². The Kier molecular flexibility index (Phi) is 4.32. The van der Waals surface area contributed by atoms with Crippen LogP contribution in [-0.4, -0.2) is 41.0 Å². The van der Waals surface area contributed by atoms with E-state index < -0.39 is 5.60 Å². The number of hydrogen-bond donors (Lipinski definition) is 1. The average molecular weight is 265 g/mol. The van der Waals surface area contributed by atoms with Crippen molar-refractivity contribution in [3.8, 4) is 0 Å². The van der Waals surface area contributed by atoms with Crippen LogP contribution in [0, 0.1) is 5.82 Å². The highest BCUT2D eigenvalue weighted by Gasteiger charge is 2.25. The van der Waals surface area contributed by atoms with Crippen LogP contribution < -0.4 is 0 Å². The van der Waals surface area contributed by atoms with Crippen LogP contribution in [0.3, 0.4) is 0 Å². The Bertz CT molecular complexity index is 459. The van der Waals surface area contributed by atoms with Crippen molar-refractivity contribution < 1.29 is 14.3 Å². The first kappa shape index (κ1) is 14.2. The largest absolute Gasteiger partial charge is 0.390 e. The normalized spacial score (nSPS) is 25.0. The molecule has 1 aliphatic heterocycles. The van der Waals surface area contributed by atoms with Gasteiger partial charge in [0.05, 0.1) is 12.1 Å². The van der Waals surface area contributed by atoms with Gasteiger partial charge in [-0.25, -0.2) is 4.39 Å². The average Bonchev–Trinajstić information content (AvgIpc) is 2.51. The summed E-state index contributed by atoms with van der Waals surface area (Å²) in [6.07, 6.45) is 2.31. The maximum absolute atomic E-state index is 13.1. The second-order valence-electron chi connectivity index (χ2n) is 5.56. The molecule has 1 atom stereocenters. The number of ketones is 1. The smallest absolute Gasteiger partial charge is 0.176 e. The number of carbonyl (C=O) groups is 1. The Balaban J connectivity index is 1.96. The lowest BCUT2D eigenvalue weighted by Gasteiger charge is -2.21. The highest BCUT2D eigenvalue weighted by molar-refractivity contribution is 5.97. The molecule has 1 fully saturated rings. The van der Waals surface area contributed by atoms with E-state index in [0.717, 1.165) is 19.4 Å². The van der Waals surface area contributed by atoms with Crippen molar-refractivity contribution in [2.75, 3.05) is 19.6 Å². The number of hydrogen-bond acceptors (Lipinski definition) is 3. The lowest BCUT2D eigenvalue weighted by Crippen LogP contribution is -2.32. The van der Waals surface area contributed by atoms with Crippen LogP contribution in [0.4, 0.5) is 4.39 Å². The van der Waals surface area contributed by atoms with E-state index in [1.54, 1.807) is 12.1 Å². The maximum Gasteiger partial charge on any atom is 0.176 e. The molecule has 104 valence electrons. The molecule has 1 saturated heterocycles. The Morgan fingerprint density at radius 1 is 1.42 bits per heavy atom. The van der Waals surface area contributed by atoms with Crippen LogP contribution in [0.1, 0.15) is 36.5 Å². The van der Waals surface area contributed by atoms with Crippen LogP contribution in [0.5, 0.6) is 0 Å². The fourth-order valence-corrected chi connectivity index (χ4v) is 2.43. The summed E-state index contributed by atoms with van der Waals surface area (Å²) in [5.41, 5.74) is -0.215. The van der Waals surface area contributed by atoms with Gasteiger partial charge in [-0.1, -0.05) is 12.1 Å². The first-order chi connectivity index (χ1) is 8.96. The molecule has 0 aromatic heterocycles. The van der Waals surface area contributed by atoms with Crippen molar-refractivity contribution in [1.29, 1.82) is 0 Å². The molecule has 0 aliphatic carbocycles. The van der Waals surface area contributed by atoms with Gasteiger partial charge >= 0.3 is 0 Å². The molecule has 0 saturated carbocycles. The van der Waals surface area contributed by atoms with Crippen LogP contribution in [0.25, 0.3) is 0 Å². The molecule has 0 bridgehead atoms. The van der Waals surface area contributed by atoms with Crippen molar-refractivity contribution in [2.24, 2.45) is 0 Å². The summed E-state index contributed by atoms with van der Waals surface area (Å²) in [5.74, 6) is -0.453. The minimum Gasteiger partial charge on any atom is -0.390 e. The first-order valence-corrected chi connectivity index (χ1v) is 6.70. The molecule has 0 spiro atoms. The van der Waals surface area contributed by atoms with E-state index in [-0.39, 0.29) is 11.6 Å². The zero-order valence-electron chi connectivity index (χ0n) is 11.2. The van der Waals surface area contributed by atoms with Crippen molar-refractivity contribution in [2.45, 2.75) is 31.8 Å². The molecule has 1 aromatic carbocycles. The third-order valence-corrected chi connectivity index (χ3v) is 3.67. The highest BCUT2D eigenvalue weighted by Crippen LogP contribution is 2.21. The second kappa shape index (κ2) is 5.80. The van der Waals surface area contributed by atoms with Gasteiger partial charge in [-0.15, -0.1) is 0 Å². The highest BCUT2D eigenvalue weighted by atomic mass is 19.1. The minimum absolute atomic E-state index is 0.0685. The zero-order chi connectivity index (χ0) is 13.9. The summed E-state index contributed by atoms with van der Waals surface area (Å²) in [6, 6.07) is 5.80. The molecule has 1 aromatic rings. The lowest BCUT2D eigenvalue weighted by molar-refractivity contribution is 0.0444. The van der Waals surface area contributed by atoms with E-state index in [9.17, 15) is 14.3 Å². The number of nitrogens with zero attached hydrogens (tertiary/aromatic N) is 1. The third-order valence-electron chi connectivity index (χ3n) is 3.67. The minimum atomic E-state index is -0.628. The monoisotopic (exact) mass is 265 g/mol. The number of rotatable bonds is 3. The standard InChI is InChI=1S/C15H20FNO2/c1-15(19)6-3-8-17(9-7-15)11-14(18)12-4-2-5-13(16)10-12/h2,4-5,10,19H,3,6-9,11H2,1H3. The van der Waals surface area contributed by atoms with Crippen LogP contribution in [0.2, 0.25) is 0 Å². The number of likely N-dealkylation sites (tertiary alicyclic amines) is 1. The number of carbonyl (C=O) groups excluding carboxylic acids is 1. The SMILES string of the molecule is CC1(O)CCCN(CC(=O)c2cccc(F)c2)CC1. The Hall–Kier alpha value is -1.26. The Morgan fingerprint density at radius 3 is 2.95 bits per heavy atom. The molecule has 1 aliphatic rings. The molecule has 1 N–H and O–H groups in total. The van der Waals surface area contributed by atoms with E-state index in [0.29, 0.717) is 25.1 Å². The predicted octanol–water partition coefficient (Wildman–Crippen LogP) is 2.25. The lowest BCUT2D eigenvalue weighted by atomic mass is 9.98. The van der Waals surface area contributed by atoms with Crippen LogP contribution in [-0.2, 0) is 0 Å². The molecule has 0 radical (unpaired) electrons. The molecule has 1 unspecified atom stereocenters. The molecule has 1 heterocycles. The van der Waals surface area contributed by atoms with E-state index >= 15 is 0 Å². The molecule has 0 amide bonds. The van der Waals surface area contributed by atoms with Gasteiger partial charge in [-0.3, -0.25) is 9.69 Å². The quantitative estimate of drug-likeness (QED) is 0.852. The van der Waals surface area contributed by atoms with Crippen LogP contribution >= 0.6 is 0 Å². The number of halogens is 1. The number of aliphatic hydroxyl groups is 1. The molecule has 19 heavy (non-hydrogen) atoms. The fourth-order valence-electron chi connectivity index (χ4n) is 2.43. The van der Waals surface area contributed by atoms with Gasteiger partial charge in [-0.2, -0.15) is 0 Å². The topological polar surface area (TPSA) is 40.5 Å². The third kappa shape index (κ3) is 4.11. The van der Waals surface area contributed by atoms with E-state index in [2.05, 4.69) is 0 Å². The second-order valence-corrected chi connectivity index (χ2v) is 5.56. The zero-order valence-corrected chi connectivity index (χ0v) is 11.2. The molecule has 2 rings (SSSR count). The van der Waals surface area contributed by atoms with Gasteiger partial charge in [0.15, 0.2) is 5.78 Å². The molecule has 3 nitrogen and oxygen atoms in total. The summed E-state index contributed by atoms with van der Waals surface area (Å²) in [5, 5.41) is 10.00. The maximum atomic E-state index is 13.1. The predicted molar refractivity (Wildman–Crippen MR) is 71.6 cm³/mol. The summed E-state index contributed by atoms with van der Waals surface area (Å²) in [6.45, 7) is 3.63. The fraction of sp³-hybridized carbons (Fsp3) is 0.533. The summed E-state index contributed by atoms with van der Waals surface area (Å²) < 4.78 is 13.1. The van der Waals surface area contributed by atoms with Gasteiger partial charge in [0.1, 0.15) is 5.82 Å². The van der Waals surface area contributed by atoms with E-state index in [1.807, 2.05) is 11.8 Å². The van der Waals surface area contributed by atoms with Gasteiger partial charge in [-0.05, 0) is 44.9 Å². The Morgan fingerprint density at radius 2 is 2.21 bits per heavy atom. The van der Waals surface area contributed by atoms with E-state index in [1.165, 1.54) is 12.1 Å². The summed E-state index contributed by atoms with van der Waals surface area (Å²) >= 11 is 0. The van der Waals surface area contributed by atoms with Crippen molar-refractivity contribution >= 4 is 5.78 Å². The van der Waals surface area contributed by atoms with Crippen LogP contribution in [0.15, 0.2) is 24.3 Å². The number of benzene rings is 1. The number of Topliss-reactive ketones (excluding diaryl/α,β-unsaturated/α-hetero) is 1. The van der Waals surface area contributed by atoms with Crippen molar-refractivity contribution in [3.05, 3.63) is 35.6 Å². The molecular weight excluding hydrogens is 245 g/mol. The first-order valence-electron chi connectivity index (χ1n) is 6.70. The van der Waals surface area contributed by atoms with Gasteiger partial charge in [0.25, 0.3) is 0 Å². The Labute approximate surface area is 113 Å². The van der Waals surface area contributed by atoms with Crippen molar-refractivity contribution in [1.82, 2.24) is 4.90 Å². The van der Waals surface area contributed by atoms with Gasteiger partial charge in [0.2, 0.25) is 0 Å². The summed E-state index contributed by atoms with van der Waals surface area (Å²) in [7, 11) is 0. The van der Waals surface area contributed by atoms with Crippen molar-refractivity contribution in [3.63, 3.8) is 0 Å².